The van der Waals surface area contributed by atoms with Crippen molar-refractivity contribution < 1.29 is 24.2 Å². The molecule has 0 saturated heterocycles. The van der Waals surface area contributed by atoms with E-state index >= 15 is 0 Å². The van der Waals surface area contributed by atoms with E-state index < -0.39 is 29.5 Å². The van der Waals surface area contributed by atoms with Crippen LogP contribution in [0.5, 0.6) is 0 Å². The largest absolute Gasteiger partial charge is 0.481 e. The predicted molar refractivity (Wildman–Crippen MR) is 112 cm³/mol. The van der Waals surface area contributed by atoms with Gasteiger partial charge in [0.15, 0.2) is 6.10 Å². The summed E-state index contributed by atoms with van der Waals surface area (Å²) in [6.45, 7) is 0. The van der Waals surface area contributed by atoms with E-state index in [2.05, 4.69) is 0 Å². The zero-order chi connectivity index (χ0) is 21.6. The molecule has 6 heteroatoms. The van der Waals surface area contributed by atoms with E-state index in [9.17, 15) is 19.5 Å². The Morgan fingerprint density at radius 1 is 0.933 bits per heavy atom. The number of Topliss-reactive ketones (excluding diaryl/α,β-unsaturated/α-hetero) is 1. The number of carbonyl (C=O) groups excluding carboxylic acids is 2. The molecule has 3 N–H and O–H groups in total. The molecule has 3 rings (SSSR count). The fourth-order valence-electron chi connectivity index (χ4n) is 4.25. The molecule has 0 spiro atoms. The van der Waals surface area contributed by atoms with Gasteiger partial charge in [0.25, 0.3) is 0 Å². The minimum atomic E-state index is -1.14. The highest BCUT2D eigenvalue weighted by atomic mass is 16.5. The first-order valence-electron chi connectivity index (χ1n) is 10.2. The Morgan fingerprint density at radius 2 is 1.50 bits per heavy atom. The van der Waals surface area contributed by atoms with Gasteiger partial charge in [0.1, 0.15) is 6.04 Å². The number of aliphatic carboxylic acids is 1. The van der Waals surface area contributed by atoms with E-state index in [1.807, 2.05) is 6.07 Å². The minimum Gasteiger partial charge on any atom is -0.481 e. The van der Waals surface area contributed by atoms with Crippen molar-refractivity contribution in [3.05, 3.63) is 71.8 Å². The van der Waals surface area contributed by atoms with Crippen LogP contribution in [0.3, 0.4) is 0 Å². The number of nitrogens with two attached hydrogens (primary N) is 1. The van der Waals surface area contributed by atoms with Gasteiger partial charge in [-0.25, -0.2) is 0 Å². The Balaban J connectivity index is 1.87. The van der Waals surface area contributed by atoms with Gasteiger partial charge in [0, 0.05) is 16.5 Å². The molecule has 2 atom stereocenters. The van der Waals surface area contributed by atoms with Gasteiger partial charge in [-0.1, -0.05) is 79.9 Å². The second kappa shape index (κ2) is 9.67. The number of ketones is 1. The van der Waals surface area contributed by atoms with Crippen molar-refractivity contribution in [2.75, 3.05) is 0 Å². The van der Waals surface area contributed by atoms with E-state index in [0.29, 0.717) is 24.0 Å². The van der Waals surface area contributed by atoms with Crippen molar-refractivity contribution in [3.8, 4) is 0 Å². The van der Waals surface area contributed by atoms with Crippen molar-refractivity contribution in [2.24, 2.45) is 11.1 Å². The first kappa shape index (κ1) is 21.7. The van der Waals surface area contributed by atoms with E-state index in [4.69, 9.17) is 10.5 Å². The lowest BCUT2D eigenvalue weighted by Crippen LogP contribution is -2.50. The quantitative estimate of drug-likeness (QED) is 0.506. The molecule has 0 aliphatic heterocycles. The molecule has 1 saturated carbocycles. The summed E-state index contributed by atoms with van der Waals surface area (Å²) in [5.74, 6) is -2.07. The molecule has 30 heavy (non-hydrogen) atoms. The molecule has 2 aromatic rings. The zero-order valence-electron chi connectivity index (χ0n) is 16.8. The predicted octanol–water partition coefficient (Wildman–Crippen LogP) is 3.91. The molecule has 0 radical (unpaired) electrons. The van der Waals surface area contributed by atoms with Crippen LogP contribution in [0.1, 0.15) is 60.6 Å². The summed E-state index contributed by atoms with van der Waals surface area (Å²) >= 11 is 0. The van der Waals surface area contributed by atoms with Crippen molar-refractivity contribution in [1.82, 2.24) is 0 Å². The van der Waals surface area contributed by atoms with E-state index in [0.717, 1.165) is 19.3 Å². The number of ether oxygens (including phenoxy) is 1. The molecule has 6 nitrogen and oxygen atoms in total. The number of benzene rings is 2. The Morgan fingerprint density at radius 3 is 2.07 bits per heavy atom. The highest BCUT2D eigenvalue weighted by Crippen LogP contribution is 2.42. The molecular weight excluding hydrogens is 382 g/mol. The molecule has 2 aromatic carbocycles. The lowest BCUT2D eigenvalue weighted by atomic mass is 9.67. The first-order valence-corrected chi connectivity index (χ1v) is 10.2. The fraction of sp³-hybridized carbons (Fsp3) is 0.375. The van der Waals surface area contributed by atoms with E-state index in [1.54, 1.807) is 54.6 Å². The maximum Gasteiger partial charge on any atom is 0.324 e. The minimum absolute atomic E-state index is 0.189. The molecule has 158 valence electrons. The van der Waals surface area contributed by atoms with Gasteiger partial charge in [-0.3, -0.25) is 14.4 Å². The van der Waals surface area contributed by atoms with Crippen molar-refractivity contribution in [1.29, 1.82) is 0 Å². The van der Waals surface area contributed by atoms with Gasteiger partial charge in [-0.05, 0) is 12.8 Å². The summed E-state index contributed by atoms with van der Waals surface area (Å²) in [7, 11) is 0. The van der Waals surface area contributed by atoms with Crippen LogP contribution in [0.25, 0.3) is 0 Å². The number of carboxylic acid groups (broad SMARTS) is 1. The number of hydrogen-bond donors (Lipinski definition) is 2. The Bertz CT molecular complexity index is 875. The van der Waals surface area contributed by atoms with Crippen LogP contribution < -0.4 is 5.73 Å². The fourth-order valence-corrected chi connectivity index (χ4v) is 4.25. The standard InChI is InChI=1S/C24H27NO5/c25-22(24(16-19(26)27)14-8-3-9-15-24)23(29)30-21(18-12-6-2-7-13-18)20(28)17-10-4-1-5-11-17/h1-2,4-7,10-13,21-22H,3,8-9,14-16,25H2,(H,26,27). The maximum atomic E-state index is 13.1. The van der Waals surface area contributed by atoms with E-state index in [-0.39, 0.29) is 12.2 Å². The second-order valence-corrected chi connectivity index (χ2v) is 7.93. The number of hydrogen-bond acceptors (Lipinski definition) is 5. The smallest absolute Gasteiger partial charge is 0.324 e. The monoisotopic (exact) mass is 409 g/mol. The van der Waals surface area contributed by atoms with Gasteiger partial charge >= 0.3 is 11.9 Å². The molecule has 1 aliphatic carbocycles. The Labute approximate surface area is 176 Å². The summed E-state index contributed by atoms with van der Waals surface area (Å²) < 4.78 is 5.67. The van der Waals surface area contributed by atoms with Crippen LogP contribution in [0, 0.1) is 5.41 Å². The highest BCUT2D eigenvalue weighted by molar-refractivity contribution is 6.01. The normalized spacial score (nSPS) is 17.5. The maximum absolute atomic E-state index is 13.1. The number of carbonyl (C=O) groups is 3. The van der Waals surface area contributed by atoms with E-state index in [1.165, 1.54) is 0 Å². The topological polar surface area (TPSA) is 107 Å². The summed E-state index contributed by atoms with van der Waals surface area (Å²) in [6, 6.07) is 16.3. The third kappa shape index (κ3) is 4.94. The molecule has 0 aromatic heterocycles. The third-order valence-corrected chi connectivity index (χ3v) is 5.90. The van der Waals surface area contributed by atoms with Gasteiger partial charge in [-0.15, -0.1) is 0 Å². The van der Waals surface area contributed by atoms with Gasteiger partial charge < -0.3 is 15.6 Å². The van der Waals surface area contributed by atoms with Crippen molar-refractivity contribution in [2.45, 2.75) is 50.7 Å². The lowest BCUT2D eigenvalue weighted by molar-refractivity contribution is -0.155. The van der Waals surface area contributed by atoms with Crippen LogP contribution in [0.2, 0.25) is 0 Å². The average molecular weight is 409 g/mol. The molecule has 1 aliphatic rings. The zero-order valence-corrected chi connectivity index (χ0v) is 16.8. The highest BCUT2D eigenvalue weighted by Gasteiger charge is 2.45. The van der Waals surface area contributed by atoms with Crippen LogP contribution in [0.4, 0.5) is 0 Å². The Kier molecular flexibility index (Phi) is 7.00. The van der Waals surface area contributed by atoms with Crippen LogP contribution >= 0.6 is 0 Å². The molecular formula is C24H27NO5. The van der Waals surface area contributed by atoms with Crippen molar-refractivity contribution >= 4 is 17.7 Å². The molecule has 0 bridgehead atoms. The summed E-state index contributed by atoms with van der Waals surface area (Å²) in [5, 5.41) is 9.40. The van der Waals surface area contributed by atoms with Gasteiger partial charge in [0.2, 0.25) is 5.78 Å². The molecule has 1 fully saturated rings. The summed E-state index contributed by atoms with van der Waals surface area (Å²) in [6.07, 6.45) is 2.40. The summed E-state index contributed by atoms with van der Waals surface area (Å²) in [5.41, 5.74) is 6.41. The van der Waals surface area contributed by atoms with Gasteiger partial charge in [0.05, 0.1) is 6.42 Å². The van der Waals surface area contributed by atoms with Crippen LogP contribution in [-0.4, -0.2) is 28.9 Å². The third-order valence-electron chi connectivity index (χ3n) is 5.90. The van der Waals surface area contributed by atoms with Crippen LogP contribution in [0.15, 0.2) is 60.7 Å². The van der Waals surface area contributed by atoms with Gasteiger partial charge in [-0.2, -0.15) is 0 Å². The number of esters is 1. The van der Waals surface area contributed by atoms with Crippen molar-refractivity contribution in [3.63, 3.8) is 0 Å². The van der Waals surface area contributed by atoms with Crippen LogP contribution in [-0.2, 0) is 14.3 Å². The SMILES string of the molecule is NC(C(=O)OC(C(=O)c1ccccc1)c1ccccc1)C1(CC(=O)O)CCCCC1. The lowest BCUT2D eigenvalue weighted by Gasteiger charge is -2.40. The number of carboxylic acids is 1. The summed E-state index contributed by atoms with van der Waals surface area (Å²) in [4.78, 5) is 37.7. The first-order chi connectivity index (χ1) is 14.4. The molecule has 0 amide bonds. The Hall–Kier alpha value is -2.99. The second-order valence-electron chi connectivity index (χ2n) is 7.93. The number of rotatable bonds is 8. The molecule has 0 heterocycles. The molecule has 2 unspecified atom stereocenters. The average Bonchev–Trinajstić information content (AvgIpc) is 2.77.